The Balaban J connectivity index is 1.99. The van der Waals surface area contributed by atoms with Gasteiger partial charge in [0.15, 0.2) is 0 Å². The van der Waals surface area contributed by atoms with Gasteiger partial charge in [0.05, 0.1) is 12.2 Å². The van der Waals surface area contributed by atoms with Gasteiger partial charge in [0.2, 0.25) is 5.52 Å². The highest BCUT2D eigenvalue weighted by atomic mass is 31.2. The molecule has 2 aliphatic rings. The van der Waals surface area contributed by atoms with Gasteiger partial charge in [0.1, 0.15) is 0 Å². The zero-order valence-corrected chi connectivity index (χ0v) is 13.4. The average Bonchev–Trinajstić information content (AvgIpc) is 2.48. The molecule has 0 spiro atoms. The Labute approximate surface area is 122 Å². The van der Waals surface area contributed by atoms with Crippen LogP contribution < -0.4 is 0 Å². The van der Waals surface area contributed by atoms with E-state index in [1.54, 1.807) is 6.92 Å². The summed E-state index contributed by atoms with van der Waals surface area (Å²) in [5.74, 6) is 0. The first-order valence-corrected chi connectivity index (χ1v) is 9.68. The molecule has 2 rings (SSSR count). The summed E-state index contributed by atoms with van der Waals surface area (Å²) >= 11 is 0. The first-order valence-electron chi connectivity index (χ1n) is 8.14. The Morgan fingerprint density at radius 1 is 0.900 bits per heavy atom. The van der Waals surface area contributed by atoms with Crippen molar-refractivity contribution in [2.45, 2.75) is 89.8 Å². The van der Waals surface area contributed by atoms with Gasteiger partial charge in [-0.1, -0.05) is 45.4 Å². The molecule has 4 nitrogen and oxygen atoms in total. The highest BCUT2D eigenvalue weighted by Gasteiger charge is 2.39. The molecule has 0 aliphatic heterocycles. The van der Waals surface area contributed by atoms with Gasteiger partial charge >= 0.3 is 7.60 Å². The predicted octanol–water partition coefficient (Wildman–Crippen LogP) is 4.81. The fraction of sp³-hybridized carbons (Fsp3) is 0.933. The second-order valence-electron chi connectivity index (χ2n) is 5.98. The van der Waals surface area contributed by atoms with Crippen LogP contribution in [0.25, 0.3) is 0 Å². The van der Waals surface area contributed by atoms with Gasteiger partial charge < -0.3 is 0 Å². The smallest absolute Gasteiger partial charge is 0.300 e. The van der Waals surface area contributed by atoms with Gasteiger partial charge in [-0.2, -0.15) is 0 Å². The Hall–Kier alpha value is -0.180. The zero-order valence-electron chi connectivity index (χ0n) is 12.5. The molecule has 0 unspecified atom stereocenters. The minimum atomic E-state index is -3.59. The number of hydrogen-bond donors (Lipinski definition) is 0. The van der Waals surface area contributed by atoms with Crippen LogP contribution in [0.1, 0.15) is 77.6 Å². The van der Waals surface area contributed by atoms with E-state index < -0.39 is 7.60 Å². The SMILES string of the molecule is CCC(=O)P(=O)(OC1CCCCC1)OC1CCCCC1. The van der Waals surface area contributed by atoms with E-state index in [-0.39, 0.29) is 24.2 Å². The minimum Gasteiger partial charge on any atom is -0.300 e. The summed E-state index contributed by atoms with van der Waals surface area (Å²) < 4.78 is 24.3. The average molecular weight is 302 g/mol. The third kappa shape index (κ3) is 4.41. The topological polar surface area (TPSA) is 52.6 Å². The normalized spacial score (nSPS) is 22.9. The molecule has 0 aromatic rings. The Bertz CT molecular complexity index is 333. The third-order valence-corrected chi connectivity index (χ3v) is 6.37. The number of carbonyl (C=O) groups is 1. The van der Waals surface area contributed by atoms with E-state index in [0.717, 1.165) is 51.4 Å². The molecular weight excluding hydrogens is 275 g/mol. The van der Waals surface area contributed by atoms with Crippen LogP contribution in [0.5, 0.6) is 0 Å². The third-order valence-electron chi connectivity index (χ3n) is 4.29. The summed E-state index contributed by atoms with van der Waals surface area (Å²) in [5.41, 5.74) is -0.353. The van der Waals surface area contributed by atoms with E-state index in [1.165, 1.54) is 12.8 Å². The van der Waals surface area contributed by atoms with Gasteiger partial charge in [-0.05, 0) is 25.7 Å². The summed E-state index contributed by atoms with van der Waals surface area (Å²) in [6.45, 7) is 1.73. The van der Waals surface area contributed by atoms with Crippen molar-refractivity contribution in [1.82, 2.24) is 0 Å². The quantitative estimate of drug-likeness (QED) is 0.660. The molecule has 0 aromatic carbocycles. The summed E-state index contributed by atoms with van der Waals surface area (Å²) in [7, 11) is -3.59. The van der Waals surface area contributed by atoms with E-state index in [2.05, 4.69) is 0 Å². The van der Waals surface area contributed by atoms with Crippen LogP contribution in [0, 0.1) is 0 Å². The number of carbonyl (C=O) groups excluding carboxylic acids is 1. The summed E-state index contributed by atoms with van der Waals surface area (Å²) in [6.07, 6.45) is 10.5. The van der Waals surface area contributed by atoms with Crippen molar-refractivity contribution in [3.8, 4) is 0 Å². The highest BCUT2D eigenvalue weighted by Crippen LogP contribution is 2.54. The lowest BCUT2D eigenvalue weighted by molar-refractivity contribution is -0.114. The standard InChI is InChI=1S/C15H27O4P/c1-2-15(16)20(17,18-13-9-5-3-6-10-13)19-14-11-7-4-8-12-14/h13-14H,2-12H2,1H3. The van der Waals surface area contributed by atoms with Crippen molar-refractivity contribution < 1.29 is 18.4 Å². The molecule has 0 bridgehead atoms. The van der Waals surface area contributed by atoms with Crippen LogP contribution in [-0.4, -0.2) is 17.7 Å². The predicted molar refractivity (Wildman–Crippen MR) is 78.8 cm³/mol. The number of hydrogen-bond acceptors (Lipinski definition) is 4. The second kappa shape index (κ2) is 7.72. The van der Waals surface area contributed by atoms with E-state index in [0.29, 0.717) is 0 Å². The largest absolute Gasteiger partial charge is 0.397 e. The highest BCUT2D eigenvalue weighted by molar-refractivity contribution is 7.71. The maximum Gasteiger partial charge on any atom is 0.397 e. The molecule has 5 heteroatoms. The fourth-order valence-electron chi connectivity index (χ4n) is 3.07. The van der Waals surface area contributed by atoms with Crippen molar-refractivity contribution in [2.24, 2.45) is 0 Å². The van der Waals surface area contributed by atoms with Crippen molar-refractivity contribution in [3.05, 3.63) is 0 Å². The molecule has 2 fully saturated rings. The molecule has 0 amide bonds. The maximum atomic E-state index is 12.9. The molecule has 0 heterocycles. The van der Waals surface area contributed by atoms with Crippen molar-refractivity contribution >= 4 is 13.1 Å². The van der Waals surface area contributed by atoms with Crippen LogP contribution in [0.2, 0.25) is 0 Å². The zero-order chi connectivity index (χ0) is 14.4. The molecule has 0 atom stereocenters. The molecule has 0 saturated heterocycles. The molecular formula is C15H27O4P. The Kier molecular flexibility index (Phi) is 6.25. The molecule has 20 heavy (non-hydrogen) atoms. The first kappa shape index (κ1) is 16.2. The van der Waals surface area contributed by atoms with Crippen molar-refractivity contribution in [1.29, 1.82) is 0 Å². The number of rotatable bonds is 6. The van der Waals surface area contributed by atoms with Gasteiger partial charge in [-0.15, -0.1) is 0 Å². The minimum absolute atomic E-state index is 0.0614. The molecule has 0 aromatic heterocycles. The summed E-state index contributed by atoms with van der Waals surface area (Å²) in [6, 6.07) is 0. The van der Waals surface area contributed by atoms with E-state index in [9.17, 15) is 9.36 Å². The molecule has 2 aliphatic carbocycles. The van der Waals surface area contributed by atoms with Gasteiger partial charge in [0.25, 0.3) is 0 Å². The molecule has 0 radical (unpaired) electrons. The van der Waals surface area contributed by atoms with Gasteiger partial charge in [-0.3, -0.25) is 18.4 Å². The lowest BCUT2D eigenvalue weighted by atomic mass is 9.98. The fourth-order valence-corrected chi connectivity index (χ4v) is 4.95. The van der Waals surface area contributed by atoms with E-state index >= 15 is 0 Å². The lowest BCUT2D eigenvalue weighted by Crippen LogP contribution is -2.23. The summed E-state index contributed by atoms with van der Waals surface area (Å²) in [5, 5.41) is 0. The molecule has 0 N–H and O–H groups in total. The maximum absolute atomic E-state index is 12.9. The van der Waals surface area contributed by atoms with Crippen LogP contribution in [-0.2, 0) is 18.4 Å². The first-order chi connectivity index (χ1) is 9.64. The Morgan fingerprint density at radius 3 is 1.65 bits per heavy atom. The molecule has 116 valence electrons. The second-order valence-corrected chi connectivity index (χ2v) is 7.89. The van der Waals surface area contributed by atoms with Crippen molar-refractivity contribution in [2.75, 3.05) is 0 Å². The van der Waals surface area contributed by atoms with Crippen LogP contribution >= 0.6 is 7.60 Å². The van der Waals surface area contributed by atoms with Gasteiger partial charge in [-0.25, -0.2) is 0 Å². The monoisotopic (exact) mass is 302 g/mol. The van der Waals surface area contributed by atoms with Crippen LogP contribution in [0.4, 0.5) is 0 Å². The van der Waals surface area contributed by atoms with Gasteiger partial charge in [0, 0.05) is 6.42 Å². The summed E-state index contributed by atoms with van der Waals surface area (Å²) in [4.78, 5) is 12.1. The van der Waals surface area contributed by atoms with Crippen LogP contribution in [0.15, 0.2) is 0 Å². The van der Waals surface area contributed by atoms with E-state index in [4.69, 9.17) is 9.05 Å². The Morgan fingerprint density at radius 2 is 1.30 bits per heavy atom. The van der Waals surface area contributed by atoms with Crippen molar-refractivity contribution in [3.63, 3.8) is 0 Å². The molecule has 2 saturated carbocycles. The van der Waals surface area contributed by atoms with Crippen LogP contribution in [0.3, 0.4) is 0 Å². The lowest BCUT2D eigenvalue weighted by Gasteiger charge is -2.30. The van der Waals surface area contributed by atoms with E-state index in [1.807, 2.05) is 0 Å².